The molecule has 1 aromatic heterocycles. The average molecular weight is 195 g/mol. The Morgan fingerprint density at radius 1 is 1.71 bits per heavy atom. The third-order valence-corrected chi connectivity index (χ3v) is 2.98. The molecule has 5 nitrogen and oxygen atoms in total. The quantitative estimate of drug-likeness (QED) is 0.715. The number of nitrogens with zero attached hydrogens (tertiary/aromatic N) is 3. The van der Waals surface area contributed by atoms with E-state index in [1.807, 2.05) is 0 Å². The highest BCUT2D eigenvalue weighted by atomic mass is 15.3. The van der Waals surface area contributed by atoms with Crippen molar-refractivity contribution in [2.75, 3.05) is 24.5 Å². The van der Waals surface area contributed by atoms with E-state index in [0.29, 0.717) is 0 Å². The van der Waals surface area contributed by atoms with E-state index in [2.05, 4.69) is 27.0 Å². The Kier molecular flexibility index (Phi) is 2.41. The average Bonchev–Trinajstić information content (AvgIpc) is 2.71. The van der Waals surface area contributed by atoms with E-state index in [1.165, 1.54) is 12.8 Å². The molecule has 1 aliphatic rings. The molecule has 14 heavy (non-hydrogen) atoms. The first-order valence-electron chi connectivity index (χ1n) is 5.04. The van der Waals surface area contributed by atoms with Crippen LogP contribution in [0.5, 0.6) is 0 Å². The number of rotatable bonds is 2. The maximum absolute atomic E-state index is 5.78. The van der Waals surface area contributed by atoms with Crippen molar-refractivity contribution in [1.82, 2.24) is 15.2 Å². The first-order valence-corrected chi connectivity index (χ1v) is 5.04. The summed E-state index contributed by atoms with van der Waals surface area (Å²) in [4.78, 5) is 6.38. The van der Waals surface area contributed by atoms with Crippen LogP contribution >= 0.6 is 0 Å². The lowest BCUT2D eigenvalue weighted by Gasteiger charge is -2.39. The van der Waals surface area contributed by atoms with E-state index in [1.54, 1.807) is 6.33 Å². The molecule has 1 atom stereocenters. The molecule has 1 aliphatic heterocycles. The van der Waals surface area contributed by atoms with Gasteiger partial charge in [0.25, 0.3) is 0 Å². The van der Waals surface area contributed by atoms with Crippen molar-refractivity contribution >= 4 is 5.95 Å². The smallest absolute Gasteiger partial charge is 0.221 e. The van der Waals surface area contributed by atoms with Crippen molar-refractivity contribution in [2.24, 2.45) is 11.1 Å². The predicted molar refractivity (Wildman–Crippen MR) is 55.0 cm³/mol. The van der Waals surface area contributed by atoms with Gasteiger partial charge in [-0.2, -0.15) is 10.1 Å². The molecule has 1 aromatic rings. The van der Waals surface area contributed by atoms with Crippen LogP contribution in [0.2, 0.25) is 0 Å². The van der Waals surface area contributed by atoms with E-state index in [-0.39, 0.29) is 5.41 Å². The molecule has 0 spiro atoms. The van der Waals surface area contributed by atoms with E-state index < -0.39 is 0 Å². The van der Waals surface area contributed by atoms with Crippen LogP contribution in [0.15, 0.2) is 6.33 Å². The van der Waals surface area contributed by atoms with Gasteiger partial charge in [-0.25, -0.2) is 5.10 Å². The molecule has 0 radical (unpaired) electrons. The van der Waals surface area contributed by atoms with Crippen LogP contribution in [0.1, 0.15) is 19.8 Å². The van der Waals surface area contributed by atoms with Crippen LogP contribution in [0.3, 0.4) is 0 Å². The number of hydrogen-bond acceptors (Lipinski definition) is 4. The lowest BCUT2D eigenvalue weighted by molar-refractivity contribution is 0.270. The maximum Gasteiger partial charge on any atom is 0.221 e. The molecule has 1 fully saturated rings. The molecule has 1 saturated heterocycles. The molecule has 0 amide bonds. The second-order valence-corrected chi connectivity index (χ2v) is 4.35. The molecule has 0 aromatic carbocycles. The Hall–Kier alpha value is -1.10. The molecular weight excluding hydrogens is 178 g/mol. The fourth-order valence-electron chi connectivity index (χ4n) is 2.01. The summed E-state index contributed by atoms with van der Waals surface area (Å²) < 4.78 is 0. The zero-order valence-electron chi connectivity index (χ0n) is 8.53. The summed E-state index contributed by atoms with van der Waals surface area (Å²) >= 11 is 0. The van der Waals surface area contributed by atoms with Crippen molar-refractivity contribution in [3.63, 3.8) is 0 Å². The summed E-state index contributed by atoms with van der Waals surface area (Å²) in [5, 5.41) is 6.75. The Bertz CT molecular complexity index is 283. The number of nitrogens with one attached hydrogen (secondary N) is 1. The first kappa shape index (κ1) is 9.45. The van der Waals surface area contributed by atoms with Crippen LogP contribution in [0.4, 0.5) is 5.95 Å². The molecule has 0 saturated carbocycles. The monoisotopic (exact) mass is 195 g/mol. The van der Waals surface area contributed by atoms with E-state index in [0.717, 1.165) is 25.6 Å². The van der Waals surface area contributed by atoms with Gasteiger partial charge in [-0.05, 0) is 24.8 Å². The molecule has 1 unspecified atom stereocenters. The first-order chi connectivity index (χ1) is 6.73. The van der Waals surface area contributed by atoms with Gasteiger partial charge in [0.2, 0.25) is 5.95 Å². The minimum absolute atomic E-state index is 0.227. The summed E-state index contributed by atoms with van der Waals surface area (Å²) in [5.74, 6) is 0.865. The van der Waals surface area contributed by atoms with Gasteiger partial charge in [0.1, 0.15) is 6.33 Å². The summed E-state index contributed by atoms with van der Waals surface area (Å²) in [6.07, 6.45) is 3.92. The van der Waals surface area contributed by atoms with Crippen LogP contribution in [-0.2, 0) is 0 Å². The largest absolute Gasteiger partial charge is 0.341 e. The van der Waals surface area contributed by atoms with Gasteiger partial charge in [-0.15, -0.1) is 0 Å². The minimum atomic E-state index is 0.227. The number of H-pyrrole nitrogens is 1. The minimum Gasteiger partial charge on any atom is -0.341 e. The third-order valence-electron chi connectivity index (χ3n) is 2.98. The number of anilines is 1. The van der Waals surface area contributed by atoms with Gasteiger partial charge in [-0.1, -0.05) is 6.92 Å². The zero-order chi connectivity index (χ0) is 10.0. The highest BCUT2D eigenvalue weighted by Gasteiger charge is 2.30. The van der Waals surface area contributed by atoms with Crippen molar-refractivity contribution in [2.45, 2.75) is 19.8 Å². The Morgan fingerprint density at radius 3 is 3.21 bits per heavy atom. The Morgan fingerprint density at radius 2 is 2.57 bits per heavy atom. The number of hydrogen-bond donors (Lipinski definition) is 2. The van der Waals surface area contributed by atoms with E-state index in [4.69, 9.17) is 5.73 Å². The highest BCUT2D eigenvalue weighted by Crippen LogP contribution is 2.29. The molecule has 2 heterocycles. The van der Waals surface area contributed by atoms with Crippen molar-refractivity contribution in [1.29, 1.82) is 0 Å². The molecule has 78 valence electrons. The molecule has 0 bridgehead atoms. The van der Waals surface area contributed by atoms with Crippen LogP contribution in [0, 0.1) is 5.41 Å². The summed E-state index contributed by atoms with van der Waals surface area (Å²) in [6, 6.07) is 0. The molecule has 5 heteroatoms. The SMILES string of the molecule is CC1(CN)CCCN(c2ncn[nH]2)C1. The number of aromatic amines is 1. The zero-order valence-corrected chi connectivity index (χ0v) is 8.53. The van der Waals surface area contributed by atoms with Crippen molar-refractivity contribution < 1.29 is 0 Å². The normalized spacial score (nSPS) is 28.0. The standard InChI is InChI=1S/C9H17N5/c1-9(5-10)3-2-4-14(6-9)8-11-7-12-13-8/h7H,2-6,10H2,1H3,(H,11,12,13). The second-order valence-electron chi connectivity index (χ2n) is 4.35. The van der Waals surface area contributed by atoms with Crippen molar-refractivity contribution in [3.8, 4) is 0 Å². The lowest BCUT2D eigenvalue weighted by Crippen LogP contribution is -2.46. The Balaban J connectivity index is 2.08. The van der Waals surface area contributed by atoms with Crippen LogP contribution < -0.4 is 10.6 Å². The van der Waals surface area contributed by atoms with Crippen LogP contribution in [-0.4, -0.2) is 34.8 Å². The molecule has 3 N–H and O–H groups in total. The van der Waals surface area contributed by atoms with Gasteiger partial charge in [0.15, 0.2) is 0 Å². The topological polar surface area (TPSA) is 70.8 Å². The lowest BCUT2D eigenvalue weighted by atomic mass is 9.82. The number of piperidine rings is 1. The number of nitrogens with two attached hydrogens (primary N) is 1. The molecular formula is C9H17N5. The fourth-order valence-corrected chi connectivity index (χ4v) is 2.01. The molecule has 2 rings (SSSR count). The molecule has 0 aliphatic carbocycles. The van der Waals surface area contributed by atoms with Gasteiger partial charge in [-0.3, -0.25) is 0 Å². The Labute approximate surface area is 83.7 Å². The van der Waals surface area contributed by atoms with Crippen molar-refractivity contribution in [3.05, 3.63) is 6.33 Å². The highest BCUT2D eigenvalue weighted by molar-refractivity contribution is 5.28. The fraction of sp³-hybridized carbons (Fsp3) is 0.778. The predicted octanol–water partition coefficient (Wildman–Crippen LogP) is 0.370. The van der Waals surface area contributed by atoms with Gasteiger partial charge in [0.05, 0.1) is 0 Å². The van der Waals surface area contributed by atoms with Gasteiger partial charge >= 0.3 is 0 Å². The van der Waals surface area contributed by atoms with Crippen LogP contribution in [0.25, 0.3) is 0 Å². The third kappa shape index (κ3) is 1.72. The van der Waals surface area contributed by atoms with E-state index >= 15 is 0 Å². The van der Waals surface area contributed by atoms with Gasteiger partial charge < -0.3 is 10.6 Å². The van der Waals surface area contributed by atoms with E-state index in [9.17, 15) is 0 Å². The second kappa shape index (κ2) is 3.57. The summed E-state index contributed by atoms with van der Waals surface area (Å²) in [7, 11) is 0. The van der Waals surface area contributed by atoms with Gasteiger partial charge in [0, 0.05) is 13.1 Å². The summed E-state index contributed by atoms with van der Waals surface area (Å²) in [6.45, 7) is 4.98. The maximum atomic E-state index is 5.78. The summed E-state index contributed by atoms with van der Waals surface area (Å²) in [5.41, 5.74) is 6.01. The number of aromatic nitrogens is 3.